The molecule has 0 amide bonds. The molecule has 0 spiro atoms. The van der Waals surface area contributed by atoms with Gasteiger partial charge in [-0.15, -0.1) is 0 Å². The number of rotatable bonds is 20. The first-order valence-electron chi connectivity index (χ1n) is 21.3. The van der Waals surface area contributed by atoms with Crippen molar-refractivity contribution in [2.24, 2.45) is 52.3 Å². The van der Waals surface area contributed by atoms with E-state index < -0.39 is 0 Å². The molecule has 4 aliphatic rings. The highest BCUT2D eigenvalue weighted by Crippen LogP contribution is 2.67. The molecule has 2 nitrogen and oxygen atoms in total. The van der Waals surface area contributed by atoms with Gasteiger partial charge >= 0.3 is 5.97 Å². The number of esters is 1. The maximum Gasteiger partial charge on any atom is 0.306 e. The quantitative estimate of drug-likeness (QED) is 0.0561. The molecule has 0 heterocycles. The van der Waals surface area contributed by atoms with Crippen molar-refractivity contribution in [3.05, 3.63) is 36.0 Å². The van der Waals surface area contributed by atoms with Crippen LogP contribution in [0.15, 0.2) is 36.0 Å². The second kappa shape index (κ2) is 19.3. The van der Waals surface area contributed by atoms with Gasteiger partial charge in [0.1, 0.15) is 6.10 Å². The van der Waals surface area contributed by atoms with E-state index in [1.807, 2.05) is 0 Å². The molecule has 4 aliphatic carbocycles. The fraction of sp³-hybridized carbons (Fsp3) is 0.848. The van der Waals surface area contributed by atoms with Crippen molar-refractivity contribution in [2.75, 3.05) is 0 Å². The number of carbonyl (C=O) groups is 1. The lowest BCUT2D eigenvalue weighted by Crippen LogP contribution is -2.51. The van der Waals surface area contributed by atoms with Crippen molar-refractivity contribution in [1.29, 1.82) is 0 Å². The van der Waals surface area contributed by atoms with Crippen molar-refractivity contribution in [3.8, 4) is 0 Å². The predicted octanol–water partition coefficient (Wildman–Crippen LogP) is 14.0. The van der Waals surface area contributed by atoms with Gasteiger partial charge < -0.3 is 4.74 Å². The molecule has 3 saturated carbocycles. The molecule has 0 aromatic rings. The molecule has 0 aliphatic heterocycles. The smallest absolute Gasteiger partial charge is 0.306 e. The summed E-state index contributed by atoms with van der Waals surface area (Å²) >= 11 is 0. The number of allylic oxidation sites excluding steroid dienone is 5. The van der Waals surface area contributed by atoms with Gasteiger partial charge in [-0.05, 0) is 129 Å². The third kappa shape index (κ3) is 10.4. The minimum absolute atomic E-state index is 0.0492. The van der Waals surface area contributed by atoms with Crippen LogP contribution in [0.1, 0.15) is 190 Å². The topological polar surface area (TPSA) is 26.3 Å². The minimum Gasteiger partial charge on any atom is -0.462 e. The lowest BCUT2D eigenvalue weighted by molar-refractivity contribution is -0.151. The maximum absolute atomic E-state index is 12.8. The number of hydrogen-bond acceptors (Lipinski definition) is 2. The van der Waals surface area contributed by atoms with Crippen molar-refractivity contribution in [3.63, 3.8) is 0 Å². The number of hydrogen-bond donors (Lipinski definition) is 0. The van der Waals surface area contributed by atoms with Crippen LogP contribution in [0.25, 0.3) is 0 Å². The molecular weight excluding hydrogens is 585 g/mol. The zero-order valence-corrected chi connectivity index (χ0v) is 32.9. The Labute approximate surface area is 298 Å². The highest BCUT2D eigenvalue weighted by Gasteiger charge is 2.59. The van der Waals surface area contributed by atoms with Crippen molar-refractivity contribution >= 4 is 5.97 Å². The summed E-state index contributed by atoms with van der Waals surface area (Å²) in [6.07, 6.45) is 39.1. The standard InChI is InChI=1S/C46H78O2/c1-8-9-10-11-12-13-14-15-16-17-18-19-20-21-22-23-44(47)48-39-30-32-45(6)38(34-39)26-27-40-42-29-28-41(46(42,7)33-31-43(40)45)37(5)25-24-36(4)35(2)3/h12-15,26,35-37,39-43H,8-11,16-25,27-34H2,1-7H3/b13-12+,15-14+. The van der Waals surface area contributed by atoms with E-state index in [1.165, 1.54) is 109 Å². The van der Waals surface area contributed by atoms with Gasteiger partial charge in [0.05, 0.1) is 0 Å². The van der Waals surface area contributed by atoms with Crippen molar-refractivity contribution < 1.29 is 9.53 Å². The van der Waals surface area contributed by atoms with E-state index in [4.69, 9.17) is 4.74 Å². The molecule has 0 bridgehead atoms. The summed E-state index contributed by atoms with van der Waals surface area (Å²) in [5.41, 5.74) is 2.50. The monoisotopic (exact) mass is 663 g/mol. The third-order valence-corrected chi connectivity index (χ3v) is 14.7. The molecule has 0 aromatic heterocycles. The average molecular weight is 663 g/mol. The van der Waals surface area contributed by atoms with Gasteiger partial charge in [-0.2, -0.15) is 0 Å². The molecule has 2 heteroatoms. The molecule has 9 atom stereocenters. The van der Waals surface area contributed by atoms with Crippen molar-refractivity contribution in [1.82, 2.24) is 0 Å². The highest BCUT2D eigenvalue weighted by atomic mass is 16.5. The molecule has 4 rings (SSSR count). The van der Waals surface area contributed by atoms with Crippen LogP contribution in [-0.4, -0.2) is 12.1 Å². The van der Waals surface area contributed by atoms with Crippen LogP contribution in [0.2, 0.25) is 0 Å². The zero-order chi connectivity index (χ0) is 34.6. The van der Waals surface area contributed by atoms with E-state index in [-0.39, 0.29) is 12.1 Å². The lowest BCUT2D eigenvalue weighted by atomic mass is 9.47. The second-order valence-electron chi connectivity index (χ2n) is 18.1. The van der Waals surface area contributed by atoms with E-state index >= 15 is 0 Å². The number of fused-ring (bicyclic) bond motifs is 5. The second-order valence-corrected chi connectivity index (χ2v) is 18.1. The molecule has 3 fully saturated rings. The van der Waals surface area contributed by atoms with Gasteiger partial charge in [0.15, 0.2) is 0 Å². The van der Waals surface area contributed by atoms with E-state index in [0.717, 1.165) is 67.1 Å². The molecule has 9 unspecified atom stereocenters. The third-order valence-electron chi connectivity index (χ3n) is 14.7. The zero-order valence-electron chi connectivity index (χ0n) is 32.9. The number of unbranched alkanes of at least 4 members (excludes halogenated alkanes) is 9. The van der Waals surface area contributed by atoms with Crippen LogP contribution in [0.4, 0.5) is 0 Å². The Morgan fingerprint density at radius 2 is 1.52 bits per heavy atom. The van der Waals surface area contributed by atoms with Crippen LogP contribution >= 0.6 is 0 Å². The Morgan fingerprint density at radius 3 is 2.23 bits per heavy atom. The van der Waals surface area contributed by atoms with E-state index in [2.05, 4.69) is 78.8 Å². The summed E-state index contributed by atoms with van der Waals surface area (Å²) in [5, 5.41) is 0. The average Bonchev–Trinajstić information content (AvgIpc) is 3.42. The Kier molecular flexibility index (Phi) is 15.9. The molecule has 0 N–H and O–H groups in total. The largest absolute Gasteiger partial charge is 0.462 e. The molecular formula is C46H78O2. The van der Waals surface area contributed by atoms with Gasteiger partial charge in [-0.3, -0.25) is 4.79 Å². The molecule has 0 radical (unpaired) electrons. The molecule has 0 saturated heterocycles. The van der Waals surface area contributed by atoms with Crippen LogP contribution in [0, 0.1) is 52.3 Å². The number of ether oxygens (including phenoxy) is 1. The van der Waals surface area contributed by atoms with E-state index in [0.29, 0.717) is 17.3 Å². The van der Waals surface area contributed by atoms with Gasteiger partial charge in [-0.1, -0.05) is 136 Å². The first kappa shape index (κ1) is 39.5. The number of carbonyl (C=O) groups excluding carboxylic acids is 1. The van der Waals surface area contributed by atoms with Crippen LogP contribution in [-0.2, 0) is 9.53 Å². The first-order chi connectivity index (χ1) is 23.1. The fourth-order valence-corrected chi connectivity index (χ4v) is 11.1. The van der Waals surface area contributed by atoms with Gasteiger partial charge in [0.25, 0.3) is 0 Å². The van der Waals surface area contributed by atoms with Crippen molar-refractivity contribution in [2.45, 2.75) is 196 Å². The Balaban J connectivity index is 1.14. The summed E-state index contributed by atoms with van der Waals surface area (Å²) in [4.78, 5) is 12.8. The lowest BCUT2D eigenvalue weighted by Gasteiger charge is -2.58. The molecule has 48 heavy (non-hydrogen) atoms. The predicted molar refractivity (Wildman–Crippen MR) is 207 cm³/mol. The summed E-state index contributed by atoms with van der Waals surface area (Å²) in [7, 11) is 0. The maximum atomic E-state index is 12.8. The Morgan fingerprint density at radius 1 is 0.833 bits per heavy atom. The van der Waals surface area contributed by atoms with Crippen LogP contribution < -0.4 is 0 Å². The van der Waals surface area contributed by atoms with Gasteiger partial charge in [-0.25, -0.2) is 0 Å². The summed E-state index contributed by atoms with van der Waals surface area (Å²) < 4.78 is 6.13. The Bertz CT molecular complexity index is 1050. The minimum atomic E-state index is 0.0492. The Hall–Kier alpha value is -1.31. The van der Waals surface area contributed by atoms with Crippen LogP contribution in [0.3, 0.4) is 0 Å². The SMILES string of the molecule is CCCCC/C=C/C=C/CCCCCCCCC(=O)OC1CCC2(C)C(=CCC3C2CCC2(C)C(C(C)CCC(C)C(C)C)CCC32)C1. The first-order valence-corrected chi connectivity index (χ1v) is 21.3. The summed E-state index contributed by atoms with van der Waals surface area (Å²) in [6.45, 7) is 17.4. The molecule has 274 valence electrons. The fourth-order valence-electron chi connectivity index (χ4n) is 11.1. The summed E-state index contributed by atoms with van der Waals surface area (Å²) in [6, 6.07) is 0. The molecule has 0 aromatic carbocycles. The van der Waals surface area contributed by atoms with Gasteiger partial charge in [0, 0.05) is 12.8 Å². The van der Waals surface area contributed by atoms with E-state index in [1.54, 1.807) is 5.57 Å². The highest BCUT2D eigenvalue weighted by molar-refractivity contribution is 5.69. The normalized spacial score (nSPS) is 33.0. The van der Waals surface area contributed by atoms with Gasteiger partial charge in [0.2, 0.25) is 0 Å². The van der Waals surface area contributed by atoms with E-state index in [9.17, 15) is 4.79 Å². The summed E-state index contributed by atoms with van der Waals surface area (Å²) in [5.74, 6) is 6.06. The van der Waals surface area contributed by atoms with Crippen LogP contribution in [0.5, 0.6) is 0 Å².